The molecular formula is C22H42O9Y2. The second-order valence-electron chi connectivity index (χ2n) is 6.83. The molecule has 33 heavy (non-hydrogen) atoms. The second kappa shape index (κ2) is 25.7. The molecule has 0 aliphatic heterocycles. The van der Waals surface area contributed by atoms with Gasteiger partial charge < -0.3 is 33.9 Å². The molecule has 0 saturated heterocycles. The van der Waals surface area contributed by atoms with E-state index in [1.165, 1.54) is 0 Å². The van der Waals surface area contributed by atoms with Crippen molar-refractivity contribution >= 4 is 12.3 Å². The Hall–Kier alpha value is 0.628. The van der Waals surface area contributed by atoms with Crippen LogP contribution in [-0.4, -0.2) is 73.4 Å². The Kier molecular flexibility index (Phi) is 29.7. The molecule has 190 valence electrons. The van der Waals surface area contributed by atoms with E-state index in [2.05, 4.69) is 0 Å². The third kappa shape index (κ3) is 18.5. The maximum Gasteiger partial charge on any atom is 0.508 e. The normalized spacial score (nSPS) is 23.5. The van der Waals surface area contributed by atoms with Crippen LogP contribution in [0.3, 0.4) is 0 Å². The summed E-state index contributed by atoms with van der Waals surface area (Å²) >= 11 is 0. The zero-order valence-electron chi connectivity index (χ0n) is 20.7. The number of ether oxygens (including phenoxy) is 5. The Morgan fingerprint density at radius 1 is 0.636 bits per heavy atom. The predicted molar refractivity (Wildman–Crippen MR) is 115 cm³/mol. The van der Waals surface area contributed by atoms with E-state index in [0.29, 0.717) is 25.7 Å². The quantitative estimate of drug-likeness (QED) is 0.304. The smallest absolute Gasteiger partial charge is 0.432 e. The van der Waals surface area contributed by atoms with Gasteiger partial charge in [0.15, 0.2) is 0 Å². The van der Waals surface area contributed by atoms with Crippen LogP contribution < -0.4 is 0 Å². The first-order chi connectivity index (χ1) is 15.1. The second-order valence-corrected chi connectivity index (χ2v) is 6.83. The van der Waals surface area contributed by atoms with Crippen molar-refractivity contribution in [1.82, 2.24) is 0 Å². The van der Waals surface area contributed by atoms with Crippen LogP contribution >= 0.6 is 0 Å². The molecule has 0 bridgehead atoms. The van der Waals surface area contributed by atoms with Gasteiger partial charge in [0.1, 0.15) is 25.4 Å². The van der Waals surface area contributed by atoms with Crippen molar-refractivity contribution in [1.29, 1.82) is 0 Å². The molecule has 0 heterocycles. The average molecular weight is 628 g/mol. The summed E-state index contributed by atoms with van der Waals surface area (Å²) in [6, 6.07) is 0. The summed E-state index contributed by atoms with van der Waals surface area (Å²) in [6.07, 6.45) is 2.31. The van der Waals surface area contributed by atoms with Gasteiger partial charge in [-0.05, 0) is 38.5 Å². The molecule has 2 rings (SSSR count). The van der Waals surface area contributed by atoms with Gasteiger partial charge >= 0.3 is 12.3 Å². The minimum Gasteiger partial charge on any atom is -0.432 e. The van der Waals surface area contributed by atoms with Crippen molar-refractivity contribution < 1.29 is 109 Å². The molecule has 2 fully saturated rings. The van der Waals surface area contributed by atoms with Crippen molar-refractivity contribution in [3.63, 3.8) is 0 Å². The number of hydrogen-bond acceptors (Lipinski definition) is 9. The van der Waals surface area contributed by atoms with Crippen LogP contribution in [0.25, 0.3) is 0 Å². The van der Waals surface area contributed by atoms with Crippen LogP contribution in [0.1, 0.15) is 79.1 Å². The van der Waals surface area contributed by atoms with Crippen LogP contribution in [0, 0.1) is 0 Å². The fourth-order valence-corrected chi connectivity index (χ4v) is 3.21. The summed E-state index contributed by atoms with van der Waals surface area (Å²) in [5.74, 6) is 0. The first kappa shape index (κ1) is 38.2. The molecule has 2 aliphatic carbocycles. The first-order valence-corrected chi connectivity index (χ1v) is 11.7. The maximum atomic E-state index is 11.5. The monoisotopic (exact) mass is 628 g/mol. The van der Waals surface area contributed by atoms with E-state index < -0.39 is 36.7 Å². The molecule has 0 amide bonds. The van der Waals surface area contributed by atoms with E-state index in [0.717, 1.165) is 25.7 Å². The fraction of sp³-hybridized carbons (Fsp3) is 0.909. The summed E-state index contributed by atoms with van der Waals surface area (Å²) in [4.78, 5) is 23.1. The number of carbonyl (C=O) groups excluding carboxylic acids is 2. The molecular weight excluding hydrogens is 586 g/mol. The fourth-order valence-electron chi connectivity index (χ4n) is 3.21. The number of hydrogen-bond donors (Lipinski definition) is 2. The zero-order valence-corrected chi connectivity index (χ0v) is 26.4. The molecule has 11 heteroatoms. The van der Waals surface area contributed by atoms with Crippen molar-refractivity contribution in [3.8, 4) is 0 Å². The minimum absolute atomic E-state index is 0. The largest absolute Gasteiger partial charge is 0.508 e. The van der Waals surface area contributed by atoms with Crippen LogP contribution in [0.15, 0.2) is 0 Å². The average Bonchev–Trinajstić information content (AvgIpc) is 2.79. The molecule has 9 nitrogen and oxygen atoms in total. The molecule has 2 N–H and O–H groups in total. The molecule has 4 atom stereocenters. The van der Waals surface area contributed by atoms with Gasteiger partial charge in [0.2, 0.25) is 0 Å². The Balaban J connectivity index is -0.00000142. The SMILES string of the molecule is CC.CC.O=C(OCCOCCOC(=O)OC1CCCCC1O)OC1CCCCC1O.[Y].[Y]. The van der Waals surface area contributed by atoms with Crippen LogP contribution in [0.2, 0.25) is 0 Å². The van der Waals surface area contributed by atoms with Gasteiger partial charge in [0, 0.05) is 65.4 Å². The summed E-state index contributed by atoms with van der Waals surface area (Å²) in [5.41, 5.74) is 0. The zero-order chi connectivity index (χ0) is 23.5. The summed E-state index contributed by atoms with van der Waals surface area (Å²) < 4.78 is 25.1. The topological polar surface area (TPSA) is 121 Å². The van der Waals surface area contributed by atoms with E-state index in [4.69, 9.17) is 23.7 Å². The number of carbonyl (C=O) groups is 2. The van der Waals surface area contributed by atoms with Gasteiger partial charge in [-0.3, -0.25) is 0 Å². The van der Waals surface area contributed by atoms with Gasteiger partial charge in [-0.1, -0.05) is 40.5 Å². The van der Waals surface area contributed by atoms with Gasteiger partial charge in [-0.2, -0.15) is 0 Å². The predicted octanol–water partition coefficient (Wildman–Crippen LogP) is 3.96. The van der Waals surface area contributed by atoms with Crippen molar-refractivity contribution in [2.45, 2.75) is 103 Å². The molecule has 2 saturated carbocycles. The third-order valence-corrected chi connectivity index (χ3v) is 4.73. The molecule has 0 aromatic carbocycles. The van der Waals surface area contributed by atoms with Crippen LogP contribution in [0.5, 0.6) is 0 Å². The van der Waals surface area contributed by atoms with Gasteiger partial charge in [0.05, 0.1) is 25.4 Å². The standard InChI is InChI=1S/C18H30O9.2C2H6.2Y/c19-13-5-1-3-7-15(13)26-17(21)24-11-9-23-10-12-25-18(22)27-16-8-4-2-6-14(16)20;2*1-2;;/h13-16,19-20H,1-12H2;2*1-2H3;;. The summed E-state index contributed by atoms with van der Waals surface area (Å²) in [6.45, 7) is 8.25. The van der Waals surface area contributed by atoms with E-state index in [-0.39, 0.29) is 91.8 Å². The van der Waals surface area contributed by atoms with E-state index in [1.54, 1.807) is 0 Å². The Bertz CT molecular complexity index is 429. The third-order valence-electron chi connectivity index (χ3n) is 4.73. The van der Waals surface area contributed by atoms with E-state index in [1.807, 2.05) is 27.7 Å². The first-order valence-electron chi connectivity index (χ1n) is 11.7. The van der Waals surface area contributed by atoms with Crippen LogP contribution in [-0.2, 0) is 89.1 Å². The van der Waals surface area contributed by atoms with Crippen molar-refractivity contribution in [2.24, 2.45) is 0 Å². The van der Waals surface area contributed by atoms with Crippen LogP contribution in [0.4, 0.5) is 9.59 Å². The summed E-state index contributed by atoms with van der Waals surface area (Å²) in [7, 11) is 0. The summed E-state index contributed by atoms with van der Waals surface area (Å²) in [5, 5.41) is 19.5. The molecule has 2 radical (unpaired) electrons. The number of aliphatic hydroxyl groups is 2. The molecule has 4 unspecified atom stereocenters. The number of aliphatic hydroxyl groups excluding tert-OH is 2. The van der Waals surface area contributed by atoms with E-state index in [9.17, 15) is 19.8 Å². The van der Waals surface area contributed by atoms with Crippen molar-refractivity contribution in [3.05, 3.63) is 0 Å². The number of rotatable bonds is 8. The molecule has 0 spiro atoms. The Labute approximate surface area is 249 Å². The van der Waals surface area contributed by atoms with Crippen molar-refractivity contribution in [2.75, 3.05) is 26.4 Å². The van der Waals surface area contributed by atoms with Gasteiger partial charge in [0.25, 0.3) is 0 Å². The molecule has 2 aliphatic rings. The van der Waals surface area contributed by atoms with Gasteiger partial charge in [-0.15, -0.1) is 0 Å². The van der Waals surface area contributed by atoms with Gasteiger partial charge in [-0.25, -0.2) is 9.59 Å². The maximum absolute atomic E-state index is 11.5. The van der Waals surface area contributed by atoms with E-state index >= 15 is 0 Å². The Morgan fingerprint density at radius 2 is 0.970 bits per heavy atom. The Morgan fingerprint density at radius 3 is 1.30 bits per heavy atom. The minimum atomic E-state index is -0.824. The molecule has 0 aromatic rings. The molecule has 0 aromatic heterocycles.